The quantitative estimate of drug-likeness (QED) is 0.0351. The van der Waals surface area contributed by atoms with Crippen molar-refractivity contribution < 1.29 is 44.8 Å². The van der Waals surface area contributed by atoms with E-state index in [0.29, 0.717) is 37.2 Å². The van der Waals surface area contributed by atoms with E-state index in [4.69, 9.17) is 11.2 Å². The highest BCUT2D eigenvalue weighted by atomic mass is 32.2. The Kier molecular flexibility index (Phi) is 16.9. The number of amides is 2. The van der Waals surface area contributed by atoms with E-state index in [2.05, 4.69) is 82.1 Å². The van der Waals surface area contributed by atoms with Crippen molar-refractivity contribution in [3.05, 3.63) is 112 Å². The molecule has 3 aromatic rings. The van der Waals surface area contributed by atoms with E-state index in [1.807, 2.05) is 38.1 Å². The number of aryl methyl sites for hydroxylation is 2. The van der Waals surface area contributed by atoms with Crippen LogP contribution < -0.4 is 15.5 Å². The van der Waals surface area contributed by atoms with Crippen LogP contribution in [-0.2, 0) is 47.2 Å². The van der Waals surface area contributed by atoms with E-state index < -0.39 is 31.1 Å². The molecule has 0 saturated carbocycles. The molecule has 344 valence electrons. The fourth-order valence-electron chi connectivity index (χ4n) is 8.61. The van der Waals surface area contributed by atoms with Gasteiger partial charge in [-0.15, -0.1) is 6.42 Å². The number of hydrogen-bond acceptors (Lipinski definition) is 9. The molecule has 0 radical (unpaired) electrons. The maximum absolute atomic E-state index is 12.8. The summed E-state index contributed by atoms with van der Waals surface area (Å²) in [7, 11) is -8.32. The van der Waals surface area contributed by atoms with E-state index in [1.54, 1.807) is 12.1 Å². The van der Waals surface area contributed by atoms with Crippen molar-refractivity contribution in [1.82, 2.24) is 15.6 Å². The van der Waals surface area contributed by atoms with Crippen LogP contribution in [-0.4, -0.2) is 97.3 Å². The minimum atomic E-state index is -4.18. The molecule has 1 unspecified atom stereocenters. The molecule has 1 atom stereocenters. The van der Waals surface area contributed by atoms with Crippen LogP contribution in [0, 0.1) is 26.2 Å². The largest absolute Gasteiger partial charge is 0.363 e. The van der Waals surface area contributed by atoms with Gasteiger partial charge in [-0.2, -0.15) is 21.4 Å². The molecule has 4 N–H and O–H groups in total. The lowest BCUT2D eigenvalue weighted by molar-refractivity contribution is -0.437. The lowest BCUT2D eigenvalue weighted by Gasteiger charge is -2.30. The Morgan fingerprint density at radius 1 is 0.891 bits per heavy atom. The second-order valence-corrected chi connectivity index (χ2v) is 20.4. The Balaban J connectivity index is 1.28. The topological polar surface area (TPSA) is 195 Å². The zero-order valence-corrected chi connectivity index (χ0v) is 39.2. The monoisotopic (exact) mass is 916 g/mol. The van der Waals surface area contributed by atoms with Crippen molar-refractivity contribution in [3.63, 3.8) is 0 Å². The van der Waals surface area contributed by atoms with Crippen LogP contribution in [0.3, 0.4) is 0 Å². The molecule has 0 fully saturated rings. The molecular formula is C48H62N5O9S2+. The first-order valence-electron chi connectivity index (χ1n) is 21.7. The summed E-state index contributed by atoms with van der Waals surface area (Å²) in [6, 6.07) is 15.9. The summed E-state index contributed by atoms with van der Waals surface area (Å²) in [5.74, 6) is 1.25. The van der Waals surface area contributed by atoms with Crippen molar-refractivity contribution in [3.8, 4) is 12.3 Å². The molecule has 2 aliphatic heterocycles. The summed E-state index contributed by atoms with van der Waals surface area (Å²) < 4.78 is 73.4. The second kappa shape index (κ2) is 21.7. The Labute approximate surface area is 378 Å². The van der Waals surface area contributed by atoms with Crippen LogP contribution in [0.25, 0.3) is 0 Å². The Hall–Kier alpha value is -5.18. The number of nitrogens with zero attached hydrogens (tertiary/aromatic N) is 3. The standard InChI is InChI=1S/C48H61N5O9S2/c1-7-28-62-34-38-20-19-37(33-51-38)46(55)50-25-24-49-45(54)16-9-8-10-23-48(6)40-32-36(3)18-22-42(40)53(27-13-30-64(59,60)61)44(48)15-11-14-43-47(4,5)39-31-35(2)17-21-41(39)52(43)26-12-29-63(56,57)58/h1,11,14-15,17-22,31-33H,8-10,12-13,16,23-30,34H2,2-6H3,(H3-,49,50,54,55,56,57,58,59,60,61)/p+1. The average molecular weight is 917 g/mol. The predicted molar refractivity (Wildman–Crippen MR) is 250 cm³/mol. The number of unbranched alkanes of at least 4 members (excludes halogenated alkanes) is 2. The van der Waals surface area contributed by atoms with E-state index in [1.165, 1.54) is 6.20 Å². The second-order valence-electron chi connectivity index (χ2n) is 17.3. The molecule has 16 heteroatoms. The van der Waals surface area contributed by atoms with Crippen LogP contribution in [0.5, 0.6) is 0 Å². The molecule has 0 saturated heterocycles. The Morgan fingerprint density at radius 3 is 2.27 bits per heavy atom. The van der Waals surface area contributed by atoms with Gasteiger partial charge >= 0.3 is 0 Å². The number of anilines is 1. The van der Waals surface area contributed by atoms with Crippen LogP contribution in [0.1, 0.15) is 104 Å². The normalized spacial score (nSPS) is 17.5. The van der Waals surface area contributed by atoms with E-state index >= 15 is 0 Å². The van der Waals surface area contributed by atoms with Gasteiger partial charge in [0.05, 0.1) is 34.8 Å². The summed E-state index contributed by atoms with van der Waals surface area (Å²) in [5.41, 5.74) is 8.47. The number of allylic oxidation sites excluding steroid dienone is 4. The Morgan fingerprint density at radius 2 is 1.58 bits per heavy atom. The van der Waals surface area contributed by atoms with Crippen molar-refractivity contribution in [2.24, 2.45) is 0 Å². The smallest absolute Gasteiger partial charge is 0.265 e. The number of fused-ring (bicyclic) bond motifs is 2. The third-order valence-corrected chi connectivity index (χ3v) is 13.5. The number of terminal acetylenes is 1. The fourth-order valence-corrected chi connectivity index (χ4v) is 9.60. The number of pyridine rings is 1. The highest BCUT2D eigenvalue weighted by Gasteiger charge is 2.45. The summed E-state index contributed by atoms with van der Waals surface area (Å²) in [6.45, 7) is 12.3. The number of benzene rings is 2. The molecule has 0 spiro atoms. The molecule has 2 aromatic carbocycles. The van der Waals surface area contributed by atoms with Gasteiger partial charge in [0.15, 0.2) is 5.71 Å². The van der Waals surface area contributed by atoms with Gasteiger partial charge < -0.3 is 20.3 Å². The first-order valence-corrected chi connectivity index (χ1v) is 24.9. The maximum Gasteiger partial charge on any atom is 0.265 e. The number of nitrogens with one attached hydrogen (secondary N) is 2. The minimum Gasteiger partial charge on any atom is -0.363 e. The third-order valence-electron chi connectivity index (χ3n) is 11.9. The summed E-state index contributed by atoms with van der Waals surface area (Å²) in [6.07, 6.45) is 16.6. The lowest BCUT2D eigenvalue weighted by atomic mass is 9.76. The fraction of sp³-hybridized carbons (Fsp3) is 0.458. The molecule has 2 amide bonds. The van der Waals surface area contributed by atoms with E-state index in [9.17, 15) is 35.5 Å². The first kappa shape index (κ1) is 49.8. The molecule has 1 aromatic heterocycles. The zero-order valence-electron chi connectivity index (χ0n) is 37.5. The van der Waals surface area contributed by atoms with Gasteiger partial charge in [0, 0.05) is 73.2 Å². The highest BCUT2D eigenvalue weighted by Crippen LogP contribution is 2.51. The van der Waals surface area contributed by atoms with Gasteiger partial charge in [-0.1, -0.05) is 54.2 Å². The van der Waals surface area contributed by atoms with Crippen LogP contribution in [0.15, 0.2) is 78.7 Å². The average Bonchev–Trinajstić information content (AvgIpc) is 3.57. The highest BCUT2D eigenvalue weighted by molar-refractivity contribution is 7.86. The van der Waals surface area contributed by atoms with Crippen LogP contribution >= 0.6 is 0 Å². The number of ether oxygens (including phenoxy) is 1. The number of carbonyl (C=O) groups is 2. The third kappa shape index (κ3) is 13.2. The molecular weight excluding hydrogens is 855 g/mol. The molecule has 0 bridgehead atoms. The molecule has 64 heavy (non-hydrogen) atoms. The first-order chi connectivity index (χ1) is 30.2. The van der Waals surface area contributed by atoms with Gasteiger partial charge in [-0.25, -0.2) is 0 Å². The zero-order chi connectivity index (χ0) is 46.7. The lowest BCUT2D eigenvalue weighted by Crippen LogP contribution is -2.34. The van der Waals surface area contributed by atoms with Gasteiger partial charge in [-0.05, 0) is 89.8 Å². The summed E-state index contributed by atoms with van der Waals surface area (Å²) in [4.78, 5) is 31.7. The minimum absolute atomic E-state index is 0.104. The van der Waals surface area contributed by atoms with Crippen molar-refractivity contribution in [2.45, 2.75) is 97.0 Å². The van der Waals surface area contributed by atoms with E-state index in [0.717, 1.165) is 64.3 Å². The van der Waals surface area contributed by atoms with Gasteiger partial charge in [0.25, 0.3) is 26.1 Å². The molecule has 5 rings (SSSR count). The van der Waals surface area contributed by atoms with Crippen LogP contribution in [0.2, 0.25) is 0 Å². The van der Waals surface area contributed by atoms with Gasteiger partial charge in [-0.3, -0.25) is 23.7 Å². The molecule has 2 aliphatic rings. The van der Waals surface area contributed by atoms with Gasteiger partial charge in [0.2, 0.25) is 11.6 Å². The van der Waals surface area contributed by atoms with Crippen molar-refractivity contribution >= 4 is 49.1 Å². The van der Waals surface area contributed by atoms with E-state index in [-0.39, 0.29) is 62.5 Å². The van der Waals surface area contributed by atoms with Crippen molar-refractivity contribution in [1.29, 1.82) is 0 Å². The molecule has 3 heterocycles. The number of carbonyl (C=O) groups excluding carboxylic acids is 2. The number of aromatic nitrogens is 1. The molecule has 14 nitrogen and oxygen atoms in total. The predicted octanol–water partition coefficient (Wildman–Crippen LogP) is 6.49. The molecule has 0 aliphatic carbocycles. The van der Waals surface area contributed by atoms with Crippen molar-refractivity contribution in [2.75, 3.05) is 49.2 Å². The Bertz CT molecular complexity index is 2540. The number of rotatable bonds is 23. The number of hydrogen-bond donors (Lipinski definition) is 4. The summed E-state index contributed by atoms with van der Waals surface area (Å²) >= 11 is 0. The van der Waals surface area contributed by atoms with Gasteiger partial charge in [0.1, 0.15) is 13.2 Å². The maximum atomic E-state index is 12.8. The van der Waals surface area contributed by atoms with Crippen LogP contribution in [0.4, 0.5) is 11.4 Å². The SMILES string of the molecule is C#CCOCc1ccc(C(=O)NCCNC(=O)CCCCCC2(C)C(=CC=CC3=[N+](CCCS(=O)(=O)O)c4ccc(C)cc4C3(C)C)N(CCCS(=O)(=O)O)c3ccc(C)cc32)cn1. The summed E-state index contributed by atoms with van der Waals surface area (Å²) in [5, 5.41) is 5.67.